The highest BCUT2D eigenvalue weighted by molar-refractivity contribution is 7.11. The van der Waals surface area contributed by atoms with Gasteiger partial charge in [-0.15, -0.1) is 11.3 Å². The first-order valence-electron chi connectivity index (χ1n) is 9.18. The summed E-state index contributed by atoms with van der Waals surface area (Å²) in [6.07, 6.45) is 5.17. The van der Waals surface area contributed by atoms with Gasteiger partial charge in [-0.1, -0.05) is 6.92 Å². The summed E-state index contributed by atoms with van der Waals surface area (Å²) in [7, 11) is 1.82. The van der Waals surface area contributed by atoms with Crippen LogP contribution in [-0.4, -0.2) is 49.1 Å². The van der Waals surface area contributed by atoms with Crippen molar-refractivity contribution < 1.29 is 0 Å². The van der Waals surface area contributed by atoms with Gasteiger partial charge in [-0.25, -0.2) is 4.98 Å². The van der Waals surface area contributed by atoms with Gasteiger partial charge >= 0.3 is 0 Å². The maximum absolute atomic E-state index is 4.55. The molecule has 0 amide bonds. The predicted octanol–water partition coefficient (Wildman–Crippen LogP) is 2.94. The van der Waals surface area contributed by atoms with Crippen LogP contribution in [0.5, 0.6) is 0 Å². The molecule has 1 aliphatic rings. The minimum absolute atomic E-state index is 0.741. The van der Waals surface area contributed by atoms with Gasteiger partial charge in [0, 0.05) is 18.5 Å². The van der Waals surface area contributed by atoms with E-state index >= 15 is 0 Å². The van der Waals surface area contributed by atoms with E-state index in [0.29, 0.717) is 0 Å². The molecule has 5 nitrogen and oxygen atoms in total. The van der Waals surface area contributed by atoms with E-state index in [4.69, 9.17) is 0 Å². The van der Waals surface area contributed by atoms with E-state index < -0.39 is 0 Å². The van der Waals surface area contributed by atoms with Crippen LogP contribution >= 0.6 is 11.3 Å². The predicted molar refractivity (Wildman–Crippen MR) is 104 cm³/mol. The number of hydrogen-bond acceptors (Lipinski definition) is 4. The lowest BCUT2D eigenvalue weighted by Crippen LogP contribution is -2.38. The van der Waals surface area contributed by atoms with Gasteiger partial charge in [0.05, 0.1) is 12.2 Å². The van der Waals surface area contributed by atoms with Crippen LogP contribution in [0.15, 0.2) is 4.99 Å². The summed E-state index contributed by atoms with van der Waals surface area (Å²) in [5, 5.41) is 7.87. The Bertz CT molecular complexity index is 498. The van der Waals surface area contributed by atoms with Crippen molar-refractivity contribution in [2.45, 2.75) is 53.0 Å². The van der Waals surface area contributed by atoms with Gasteiger partial charge in [0.15, 0.2) is 5.96 Å². The quantitative estimate of drug-likeness (QED) is 0.450. The van der Waals surface area contributed by atoms with Crippen LogP contribution in [0.25, 0.3) is 0 Å². The molecular weight excluding hydrogens is 318 g/mol. The number of aliphatic imine (C=N–C) groups is 1. The minimum atomic E-state index is 0.741. The molecule has 6 heteroatoms. The molecule has 24 heavy (non-hydrogen) atoms. The average Bonchev–Trinajstić information content (AvgIpc) is 2.90. The van der Waals surface area contributed by atoms with Gasteiger partial charge in [0.25, 0.3) is 0 Å². The molecule has 2 N–H and O–H groups in total. The Morgan fingerprint density at radius 3 is 2.62 bits per heavy atom. The van der Waals surface area contributed by atoms with Gasteiger partial charge in [-0.3, -0.25) is 4.99 Å². The van der Waals surface area contributed by atoms with Gasteiger partial charge < -0.3 is 15.5 Å². The third-order valence-corrected chi connectivity index (χ3v) is 5.85. The molecule has 0 atom stereocenters. The van der Waals surface area contributed by atoms with E-state index in [1.54, 1.807) is 11.3 Å². The number of aromatic nitrogens is 1. The second-order valence-corrected chi connectivity index (χ2v) is 8.12. The highest BCUT2D eigenvalue weighted by atomic mass is 32.1. The van der Waals surface area contributed by atoms with Crippen LogP contribution in [0.4, 0.5) is 0 Å². The van der Waals surface area contributed by atoms with Crippen molar-refractivity contribution in [1.29, 1.82) is 0 Å². The van der Waals surface area contributed by atoms with Crippen molar-refractivity contribution in [3.63, 3.8) is 0 Å². The second kappa shape index (κ2) is 9.99. The highest BCUT2D eigenvalue weighted by Crippen LogP contribution is 2.16. The van der Waals surface area contributed by atoms with Crippen LogP contribution in [-0.2, 0) is 6.54 Å². The fourth-order valence-corrected chi connectivity index (χ4v) is 3.82. The standard InChI is InChI=1S/C18H33N5S/c1-14-7-11-23(12-8-14)10-6-5-9-20-18(19-4)21-13-17-22-15(2)16(3)24-17/h14H,5-13H2,1-4H3,(H2,19,20,21). The molecule has 2 rings (SSSR count). The zero-order chi connectivity index (χ0) is 17.4. The molecule has 2 heterocycles. The number of likely N-dealkylation sites (tertiary alicyclic amines) is 1. The Morgan fingerprint density at radius 1 is 1.25 bits per heavy atom. The number of rotatable bonds is 7. The summed E-state index contributed by atoms with van der Waals surface area (Å²) in [5.74, 6) is 1.79. The van der Waals surface area contributed by atoms with Crippen LogP contribution in [0.3, 0.4) is 0 Å². The molecule has 0 spiro atoms. The molecule has 0 bridgehead atoms. The van der Waals surface area contributed by atoms with Crippen LogP contribution < -0.4 is 10.6 Å². The van der Waals surface area contributed by atoms with Gasteiger partial charge in [0.2, 0.25) is 0 Å². The van der Waals surface area contributed by atoms with Crippen molar-refractivity contribution in [3.8, 4) is 0 Å². The summed E-state index contributed by atoms with van der Waals surface area (Å²) < 4.78 is 0. The van der Waals surface area contributed by atoms with E-state index in [1.165, 1.54) is 50.2 Å². The van der Waals surface area contributed by atoms with Crippen molar-refractivity contribution in [2.75, 3.05) is 33.2 Å². The van der Waals surface area contributed by atoms with E-state index in [1.807, 2.05) is 7.05 Å². The molecule has 1 aromatic rings. The average molecular weight is 352 g/mol. The molecule has 0 radical (unpaired) electrons. The summed E-state index contributed by atoms with van der Waals surface area (Å²) in [6, 6.07) is 0. The maximum atomic E-state index is 4.55. The lowest BCUT2D eigenvalue weighted by atomic mass is 9.99. The third kappa shape index (κ3) is 6.40. The SMILES string of the molecule is CN=C(NCCCCN1CCC(C)CC1)NCc1nc(C)c(C)s1. The summed E-state index contributed by atoms with van der Waals surface area (Å²) in [5.41, 5.74) is 1.13. The van der Waals surface area contributed by atoms with E-state index in [2.05, 4.69) is 46.3 Å². The van der Waals surface area contributed by atoms with Crippen molar-refractivity contribution in [3.05, 3.63) is 15.6 Å². The smallest absolute Gasteiger partial charge is 0.191 e. The molecule has 1 fully saturated rings. The Labute approximate surface area is 151 Å². The summed E-state index contributed by atoms with van der Waals surface area (Å²) in [6.45, 7) is 12.1. The topological polar surface area (TPSA) is 52.6 Å². The van der Waals surface area contributed by atoms with E-state index in [-0.39, 0.29) is 0 Å². The van der Waals surface area contributed by atoms with Crippen molar-refractivity contribution in [1.82, 2.24) is 20.5 Å². The lowest BCUT2D eigenvalue weighted by molar-refractivity contribution is 0.189. The molecule has 1 aromatic heterocycles. The zero-order valence-corrected chi connectivity index (χ0v) is 16.5. The molecule has 0 aromatic carbocycles. The molecular formula is C18H33N5S. The Hall–Kier alpha value is -1.14. The molecule has 136 valence electrons. The molecule has 0 unspecified atom stereocenters. The lowest BCUT2D eigenvalue weighted by Gasteiger charge is -2.30. The highest BCUT2D eigenvalue weighted by Gasteiger charge is 2.14. The normalized spacial score (nSPS) is 17.2. The number of aryl methyl sites for hydroxylation is 2. The van der Waals surface area contributed by atoms with E-state index in [9.17, 15) is 0 Å². The van der Waals surface area contributed by atoms with Crippen LogP contribution in [0, 0.1) is 19.8 Å². The minimum Gasteiger partial charge on any atom is -0.356 e. The number of unbranched alkanes of at least 4 members (excludes halogenated alkanes) is 1. The first-order chi connectivity index (χ1) is 11.6. The first kappa shape index (κ1) is 19.2. The molecule has 1 aliphatic heterocycles. The molecule has 1 saturated heterocycles. The summed E-state index contributed by atoms with van der Waals surface area (Å²) in [4.78, 5) is 12.7. The number of piperidine rings is 1. The van der Waals surface area contributed by atoms with E-state index in [0.717, 1.165) is 35.7 Å². The number of nitrogens with zero attached hydrogens (tertiary/aromatic N) is 3. The number of hydrogen-bond donors (Lipinski definition) is 2. The van der Waals surface area contributed by atoms with Crippen molar-refractivity contribution in [2.24, 2.45) is 10.9 Å². The zero-order valence-electron chi connectivity index (χ0n) is 15.7. The summed E-state index contributed by atoms with van der Waals surface area (Å²) >= 11 is 1.75. The van der Waals surface area contributed by atoms with Gasteiger partial charge in [-0.05, 0) is 65.1 Å². The number of nitrogens with one attached hydrogen (secondary N) is 2. The van der Waals surface area contributed by atoms with Crippen LogP contribution in [0.2, 0.25) is 0 Å². The molecule has 0 aliphatic carbocycles. The fraction of sp³-hybridized carbons (Fsp3) is 0.778. The maximum Gasteiger partial charge on any atom is 0.191 e. The van der Waals surface area contributed by atoms with Gasteiger partial charge in [0.1, 0.15) is 5.01 Å². The largest absolute Gasteiger partial charge is 0.356 e. The number of thiazole rings is 1. The van der Waals surface area contributed by atoms with Crippen molar-refractivity contribution >= 4 is 17.3 Å². The Morgan fingerprint density at radius 2 is 2.00 bits per heavy atom. The third-order valence-electron chi connectivity index (χ3n) is 4.77. The molecule has 0 saturated carbocycles. The Balaban J connectivity index is 1.56. The number of guanidine groups is 1. The monoisotopic (exact) mass is 351 g/mol. The van der Waals surface area contributed by atoms with Gasteiger partial charge in [-0.2, -0.15) is 0 Å². The first-order valence-corrected chi connectivity index (χ1v) is 10.00. The van der Waals surface area contributed by atoms with Crippen LogP contribution in [0.1, 0.15) is 48.2 Å². The second-order valence-electron chi connectivity index (χ2n) is 6.83. The Kier molecular flexibility index (Phi) is 7.99. The fourth-order valence-electron chi connectivity index (χ4n) is 2.95.